The highest BCUT2D eigenvalue weighted by atomic mass is 19.1. The molecule has 1 aliphatic rings. The molecule has 1 aliphatic heterocycles. The zero-order valence-electron chi connectivity index (χ0n) is 12.8. The molecular weight excluding hydrogens is 269 g/mol. The van der Waals surface area contributed by atoms with Gasteiger partial charge >= 0.3 is 0 Å². The van der Waals surface area contributed by atoms with Crippen molar-refractivity contribution in [1.82, 2.24) is 4.90 Å². The van der Waals surface area contributed by atoms with Crippen molar-refractivity contribution < 1.29 is 9.18 Å². The number of piperazine rings is 1. The molecule has 1 heterocycles. The molecule has 1 aromatic rings. The van der Waals surface area contributed by atoms with Gasteiger partial charge in [0.2, 0.25) is 5.91 Å². The number of hydrogen-bond acceptors (Lipinski definition) is 3. The Kier molecular flexibility index (Phi) is 5.17. The van der Waals surface area contributed by atoms with E-state index < -0.39 is 6.04 Å². The lowest BCUT2D eigenvalue weighted by molar-refractivity contribution is -0.133. The Morgan fingerprint density at radius 1 is 1.24 bits per heavy atom. The average Bonchev–Trinajstić information content (AvgIpc) is 2.46. The van der Waals surface area contributed by atoms with Crippen LogP contribution in [0.25, 0.3) is 0 Å². The van der Waals surface area contributed by atoms with Gasteiger partial charge in [0, 0.05) is 26.2 Å². The van der Waals surface area contributed by atoms with Gasteiger partial charge in [-0.25, -0.2) is 4.39 Å². The fraction of sp³-hybridized carbons (Fsp3) is 0.562. The number of carbonyl (C=O) groups is 1. The maximum atomic E-state index is 13.8. The number of nitrogens with two attached hydrogens (primary N) is 1. The summed E-state index contributed by atoms with van der Waals surface area (Å²) >= 11 is 0. The van der Waals surface area contributed by atoms with E-state index in [1.165, 1.54) is 6.07 Å². The quantitative estimate of drug-likeness (QED) is 0.921. The van der Waals surface area contributed by atoms with E-state index in [4.69, 9.17) is 5.73 Å². The Labute approximate surface area is 125 Å². The van der Waals surface area contributed by atoms with Gasteiger partial charge in [-0.05, 0) is 24.5 Å². The molecule has 4 nitrogen and oxygen atoms in total. The van der Waals surface area contributed by atoms with Crippen LogP contribution in [0.1, 0.15) is 20.3 Å². The van der Waals surface area contributed by atoms with Crippen molar-refractivity contribution in [3.05, 3.63) is 30.1 Å². The zero-order chi connectivity index (χ0) is 15.4. The Morgan fingerprint density at radius 2 is 1.86 bits per heavy atom. The van der Waals surface area contributed by atoms with Gasteiger partial charge in [0.1, 0.15) is 5.82 Å². The summed E-state index contributed by atoms with van der Waals surface area (Å²) < 4.78 is 13.8. The molecular formula is C16H24FN3O. The van der Waals surface area contributed by atoms with E-state index in [2.05, 4.69) is 13.8 Å². The van der Waals surface area contributed by atoms with E-state index in [-0.39, 0.29) is 11.7 Å². The number of rotatable bonds is 4. The summed E-state index contributed by atoms with van der Waals surface area (Å²) in [4.78, 5) is 16.0. The molecule has 0 spiro atoms. The molecule has 0 bridgehead atoms. The van der Waals surface area contributed by atoms with Crippen molar-refractivity contribution in [1.29, 1.82) is 0 Å². The summed E-state index contributed by atoms with van der Waals surface area (Å²) in [6.45, 7) is 6.59. The molecule has 116 valence electrons. The zero-order valence-corrected chi connectivity index (χ0v) is 12.8. The molecule has 0 saturated carbocycles. The first kappa shape index (κ1) is 15.8. The molecule has 5 heteroatoms. The van der Waals surface area contributed by atoms with Crippen molar-refractivity contribution in [2.24, 2.45) is 11.7 Å². The van der Waals surface area contributed by atoms with Crippen molar-refractivity contribution in [3.8, 4) is 0 Å². The van der Waals surface area contributed by atoms with Gasteiger partial charge < -0.3 is 15.5 Å². The lowest BCUT2D eigenvalue weighted by atomic mass is 10.0. The van der Waals surface area contributed by atoms with E-state index >= 15 is 0 Å². The third-order valence-electron chi connectivity index (χ3n) is 3.83. The lowest BCUT2D eigenvalue weighted by Crippen LogP contribution is -2.53. The largest absolute Gasteiger partial charge is 0.366 e. The van der Waals surface area contributed by atoms with Gasteiger partial charge in [0.15, 0.2) is 0 Å². The normalized spacial score (nSPS) is 17.2. The maximum absolute atomic E-state index is 13.8. The molecule has 1 aromatic carbocycles. The van der Waals surface area contributed by atoms with E-state index in [1.54, 1.807) is 17.0 Å². The molecule has 1 amide bonds. The van der Waals surface area contributed by atoms with E-state index in [0.717, 1.165) is 0 Å². The minimum absolute atomic E-state index is 0.0110. The van der Waals surface area contributed by atoms with Crippen LogP contribution in [0, 0.1) is 11.7 Å². The molecule has 0 aromatic heterocycles. The van der Waals surface area contributed by atoms with Gasteiger partial charge in [0.25, 0.3) is 0 Å². The fourth-order valence-corrected chi connectivity index (χ4v) is 2.72. The first-order valence-corrected chi connectivity index (χ1v) is 7.53. The van der Waals surface area contributed by atoms with Crippen LogP contribution in [-0.2, 0) is 4.79 Å². The lowest BCUT2D eigenvalue weighted by Gasteiger charge is -2.37. The highest BCUT2D eigenvalue weighted by Crippen LogP contribution is 2.20. The molecule has 2 N–H and O–H groups in total. The van der Waals surface area contributed by atoms with Gasteiger partial charge in [-0.15, -0.1) is 0 Å². The van der Waals surface area contributed by atoms with E-state index in [0.29, 0.717) is 44.2 Å². The molecule has 0 unspecified atom stereocenters. The number of carbonyl (C=O) groups excluding carboxylic acids is 1. The van der Waals surface area contributed by atoms with Gasteiger partial charge in [-0.3, -0.25) is 4.79 Å². The molecule has 21 heavy (non-hydrogen) atoms. The predicted octanol–water partition coefficient (Wildman–Crippen LogP) is 1.85. The van der Waals surface area contributed by atoms with Crippen LogP contribution < -0.4 is 10.6 Å². The summed E-state index contributed by atoms with van der Waals surface area (Å²) in [5, 5.41) is 0. The molecule has 0 radical (unpaired) electrons. The second kappa shape index (κ2) is 6.89. The predicted molar refractivity (Wildman–Crippen MR) is 82.6 cm³/mol. The minimum Gasteiger partial charge on any atom is -0.366 e. The number of anilines is 1. The summed E-state index contributed by atoms with van der Waals surface area (Å²) in [5.41, 5.74) is 6.56. The van der Waals surface area contributed by atoms with Gasteiger partial charge in [-0.2, -0.15) is 0 Å². The fourth-order valence-electron chi connectivity index (χ4n) is 2.72. The first-order chi connectivity index (χ1) is 9.99. The molecule has 1 saturated heterocycles. The Hall–Kier alpha value is -1.62. The Morgan fingerprint density at radius 3 is 2.43 bits per heavy atom. The first-order valence-electron chi connectivity index (χ1n) is 7.53. The van der Waals surface area contributed by atoms with Crippen LogP contribution in [0.2, 0.25) is 0 Å². The van der Waals surface area contributed by atoms with Crippen LogP contribution >= 0.6 is 0 Å². The number of para-hydroxylation sites is 1. The summed E-state index contributed by atoms with van der Waals surface area (Å²) in [5.74, 6) is 0.203. The number of nitrogens with zero attached hydrogens (tertiary/aromatic N) is 2. The monoisotopic (exact) mass is 293 g/mol. The van der Waals surface area contributed by atoms with E-state index in [9.17, 15) is 9.18 Å². The number of halogens is 1. The standard InChI is InChI=1S/C16H24FN3O/c1-12(2)11-14(18)16(21)20-9-7-19(8-10-20)15-6-4-3-5-13(15)17/h3-6,12,14H,7-11,18H2,1-2H3/t14-/m0/s1. The van der Waals surface area contributed by atoms with Crippen LogP contribution in [0.4, 0.5) is 10.1 Å². The van der Waals surface area contributed by atoms with Gasteiger partial charge in [-0.1, -0.05) is 26.0 Å². The number of amides is 1. The average molecular weight is 293 g/mol. The van der Waals surface area contributed by atoms with Crippen LogP contribution in [0.3, 0.4) is 0 Å². The Balaban J connectivity index is 1.91. The van der Waals surface area contributed by atoms with Crippen molar-refractivity contribution in [2.75, 3.05) is 31.1 Å². The molecule has 1 fully saturated rings. The van der Waals surface area contributed by atoms with Crippen LogP contribution in [0.15, 0.2) is 24.3 Å². The molecule has 0 aliphatic carbocycles. The second-order valence-corrected chi connectivity index (χ2v) is 6.00. The summed E-state index contributed by atoms with van der Waals surface area (Å²) in [6, 6.07) is 6.32. The number of hydrogen-bond donors (Lipinski definition) is 1. The van der Waals surface area contributed by atoms with Crippen LogP contribution in [-0.4, -0.2) is 43.0 Å². The van der Waals surface area contributed by atoms with Crippen molar-refractivity contribution in [3.63, 3.8) is 0 Å². The third-order valence-corrected chi connectivity index (χ3v) is 3.83. The van der Waals surface area contributed by atoms with E-state index in [1.807, 2.05) is 11.0 Å². The second-order valence-electron chi connectivity index (χ2n) is 6.00. The topological polar surface area (TPSA) is 49.6 Å². The van der Waals surface area contributed by atoms with Crippen LogP contribution in [0.5, 0.6) is 0 Å². The SMILES string of the molecule is CC(C)C[C@H](N)C(=O)N1CCN(c2ccccc2F)CC1. The van der Waals surface area contributed by atoms with Crippen molar-refractivity contribution >= 4 is 11.6 Å². The maximum Gasteiger partial charge on any atom is 0.239 e. The molecule has 1 atom stereocenters. The minimum atomic E-state index is -0.426. The third kappa shape index (κ3) is 3.94. The van der Waals surface area contributed by atoms with Crippen molar-refractivity contribution in [2.45, 2.75) is 26.3 Å². The summed E-state index contributed by atoms with van der Waals surface area (Å²) in [7, 11) is 0. The Bertz CT molecular complexity index is 484. The molecule has 2 rings (SSSR count). The number of benzene rings is 1. The highest BCUT2D eigenvalue weighted by Gasteiger charge is 2.26. The van der Waals surface area contributed by atoms with Gasteiger partial charge in [0.05, 0.1) is 11.7 Å². The summed E-state index contributed by atoms with van der Waals surface area (Å²) in [6.07, 6.45) is 0.701. The smallest absolute Gasteiger partial charge is 0.239 e. The highest BCUT2D eigenvalue weighted by molar-refractivity contribution is 5.82.